The molecule has 3 rings (SSSR count). The first kappa shape index (κ1) is 14.8. The van der Waals surface area contributed by atoms with Crippen LogP contribution in [-0.4, -0.2) is 27.5 Å². The first-order valence-corrected chi connectivity index (χ1v) is 7.53. The highest BCUT2D eigenvalue weighted by Gasteiger charge is 2.47. The zero-order valence-electron chi connectivity index (χ0n) is 11.5. The average Bonchev–Trinajstić information content (AvgIpc) is 3.09. The van der Waals surface area contributed by atoms with Crippen molar-refractivity contribution >= 4 is 23.2 Å². The molecule has 1 saturated heterocycles. The fraction of sp³-hybridized carbons (Fsp3) is 0.429. The number of hydrogen-bond acceptors (Lipinski definition) is 4. The smallest absolute Gasteiger partial charge is 0.302 e. The predicted octanol–water partition coefficient (Wildman–Crippen LogP) is 3.46. The summed E-state index contributed by atoms with van der Waals surface area (Å²) in [4.78, 5) is 3.98. The molecule has 1 aromatic carbocycles. The molecule has 0 amide bonds. The summed E-state index contributed by atoms with van der Waals surface area (Å²) in [6.45, 7) is 2.58. The van der Waals surface area contributed by atoms with Gasteiger partial charge in [-0.15, -0.1) is 0 Å². The van der Waals surface area contributed by atoms with Crippen LogP contribution in [-0.2, 0) is 15.4 Å². The molecule has 2 heterocycles. The third-order valence-electron chi connectivity index (χ3n) is 3.39. The lowest BCUT2D eigenvalue weighted by atomic mass is 10.1. The van der Waals surface area contributed by atoms with E-state index in [0.717, 1.165) is 12.8 Å². The quantitative estimate of drug-likeness (QED) is 0.862. The van der Waals surface area contributed by atoms with Crippen molar-refractivity contribution in [3.8, 4) is 0 Å². The van der Waals surface area contributed by atoms with Gasteiger partial charge in [0.05, 0.1) is 23.3 Å². The van der Waals surface area contributed by atoms with Crippen LogP contribution in [0.25, 0.3) is 0 Å². The molecule has 1 aliphatic rings. The second-order valence-electron chi connectivity index (χ2n) is 4.89. The molecule has 2 aromatic rings. The molecule has 0 spiro atoms. The van der Waals surface area contributed by atoms with Crippen LogP contribution in [0.4, 0.5) is 0 Å². The Morgan fingerprint density at radius 2 is 2.29 bits per heavy atom. The van der Waals surface area contributed by atoms with Gasteiger partial charge in [0.15, 0.2) is 0 Å². The number of ether oxygens (including phenoxy) is 2. The monoisotopic (exact) mass is 327 g/mol. The van der Waals surface area contributed by atoms with Gasteiger partial charge in [0.25, 0.3) is 0 Å². The van der Waals surface area contributed by atoms with E-state index in [-0.39, 0.29) is 6.10 Å². The van der Waals surface area contributed by atoms with Crippen LogP contribution in [0.1, 0.15) is 25.3 Å². The van der Waals surface area contributed by atoms with Crippen LogP contribution >= 0.6 is 23.2 Å². The van der Waals surface area contributed by atoms with Crippen LogP contribution in [0.5, 0.6) is 0 Å². The van der Waals surface area contributed by atoms with Crippen LogP contribution in [0.3, 0.4) is 0 Å². The lowest BCUT2D eigenvalue weighted by molar-refractivity contribution is -0.206. The highest BCUT2D eigenvalue weighted by atomic mass is 35.5. The van der Waals surface area contributed by atoms with Crippen molar-refractivity contribution in [1.82, 2.24) is 14.8 Å². The van der Waals surface area contributed by atoms with Gasteiger partial charge in [-0.05, 0) is 24.6 Å². The Morgan fingerprint density at radius 1 is 1.43 bits per heavy atom. The van der Waals surface area contributed by atoms with E-state index in [9.17, 15) is 0 Å². The fourth-order valence-corrected chi connectivity index (χ4v) is 2.98. The van der Waals surface area contributed by atoms with Crippen molar-refractivity contribution in [1.29, 1.82) is 0 Å². The molecule has 0 radical (unpaired) electrons. The van der Waals surface area contributed by atoms with Crippen LogP contribution in [0.2, 0.25) is 10.0 Å². The molecule has 1 fully saturated rings. The van der Waals surface area contributed by atoms with Gasteiger partial charge >= 0.3 is 5.91 Å². The van der Waals surface area contributed by atoms with Crippen molar-refractivity contribution < 1.29 is 9.47 Å². The summed E-state index contributed by atoms with van der Waals surface area (Å²) in [5.41, 5.74) is 0.665. The lowest BCUT2D eigenvalue weighted by Gasteiger charge is -2.28. The minimum absolute atomic E-state index is 0.00838. The molecule has 0 saturated carbocycles. The largest absolute Gasteiger partial charge is 0.325 e. The van der Waals surface area contributed by atoms with E-state index >= 15 is 0 Å². The second kappa shape index (κ2) is 5.93. The van der Waals surface area contributed by atoms with Gasteiger partial charge < -0.3 is 9.47 Å². The number of hydrogen-bond donors (Lipinski definition) is 0. The summed E-state index contributed by atoms with van der Waals surface area (Å²) in [6.07, 6.45) is 4.90. The fourth-order valence-electron chi connectivity index (χ4n) is 2.45. The summed E-state index contributed by atoms with van der Waals surface area (Å²) in [7, 11) is 0. The molecule has 21 heavy (non-hydrogen) atoms. The molecule has 0 bridgehead atoms. The zero-order chi connectivity index (χ0) is 14.9. The third-order valence-corrected chi connectivity index (χ3v) is 3.94. The Bertz CT molecular complexity index is 621. The Kier molecular flexibility index (Phi) is 4.17. The molecule has 7 heteroatoms. The van der Waals surface area contributed by atoms with Crippen molar-refractivity contribution in [3.05, 3.63) is 46.5 Å². The summed E-state index contributed by atoms with van der Waals surface area (Å²) in [5.74, 6) is -1.18. The SMILES string of the molecule is CCCC1COC(c2ccc(Cl)cc2Cl)(n2cncn2)O1. The molecule has 0 N–H and O–H groups in total. The first-order chi connectivity index (χ1) is 10.2. The van der Waals surface area contributed by atoms with Gasteiger partial charge in [-0.1, -0.05) is 36.5 Å². The Labute approximate surface area is 132 Å². The summed E-state index contributed by atoms with van der Waals surface area (Å²) in [6, 6.07) is 5.21. The average molecular weight is 328 g/mol. The maximum absolute atomic E-state index is 6.33. The number of benzene rings is 1. The van der Waals surface area contributed by atoms with Crippen LogP contribution < -0.4 is 0 Å². The predicted molar refractivity (Wildman–Crippen MR) is 79.3 cm³/mol. The van der Waals surface area contributed by atoms with E-state index < -0.39 is 5.91 Å². The van der Waals surface area contributed by atoms with Crippen molar-refractivity contribution in [3.63, 3.8) is 0 Å². The van der Waals surface area contributed by atoms with Crippen LogP contribution in [0, 0.1) is 0 Å². The molecule has 1 aromatic heterocycles. The van der Waals surface area contributed by atoms with E-state index in [0.29, 0.717) is 22.2 Å². The number of nitrogens with zero attached hydrogens (tertiary/aromatic N) is 3. The van der Waals surface area contributed by atoms with Gasteiger partial charge in [-0.2, -0.15) is 9.78 Å². The van der Waals surface area contributed by atoms with E-state index in [2.05, 4.69) is 17.0 Å². The van der Waals surface area contributed by atoms with Crippen molar-refractivity contribution in [2.45, 2.75) is 31.8 Å². The van der Waals surface area contributed by atoms with E-state index in [1.54, 1.807) is 24.5 Å². The van der Waals surface area contributed by atoms with Gasteiger partial charge in [0.1, 0.15) is 12.7 Å². The maximum Gasteiger partial charge on any atom is 0.302 e. The van der Waals surface area contributed by atoms with E-state index in [4.69, 9.17) is 32.7 Å². The highest BCUT2D eigenvalue weighted by molar-refractivity contribution is 6.35. The normalized spacial score (nSPS) is 25.4. The van der Waals surface area contributed by atoms with Gasteiger partial charge in [-0.3, -0.25) is 0 Å². The van der Waals surface area contributed by atoms with Crippen molar-refractivity contribution in [2.24, 2.45) is 0 Å². The standard InChI is InChI=1S/C14H15Cl2N3O2/c1-2-3-11-7-20-14(21-11,19-9-17-8-18-19)12-5-4-10(15)6-13(12)16/h4-6,8-9,11H,2-3,7H2,1H3. The Balaban J connectivity index is 2.05. The second-order valence-corrected chi connectivity index (χ2v) is 5.73. The molecule has 2 atom stereocenters. The van der Waals surface area contributed by atoms with Gasteiger partial charge in [-0.25, -0.2) is 4.98 Å². The number of aromatic nitrogens is 3. The van der Waals surface area contributed by atoms with Gasteiger partial charge in [0, 0.05) is 5.02 Å². The molecule has 1 aliphatic heterocycles. The summed E-state index contributed by atoms with van der Waals surface area (Å²) in [5, 5.41) is 5.19. The van der Waals surface area contributed by atoms with E-state index in [1.807, 2.05) is 0 Å². The minimum atomic E-state index is -1.18. The highest BCUT2D eigenvalue weighted by Crippen LogP contribution is 2.40. The molecule has 2 unspecified atom stereocenters. The molecular weight excluding hydrogens is 313 g/mol. The van der Waals surface area contributed by atoms with Gasteiger partial charge in [0.2, 0.25) is 0 Å². The lowest BCUT2D eigenvalue weighted by Crippen LogP contribution is -2.37. The first-order valence-electron chi connectivity index (χ1n) is 6.78. The van der Waals surface area contributed by atoms with Crippen molar-refractivity contribution in [2.75, 3.05) is 6.61 Å². The zero-order valence-corrected chi connectivity index (χ0v) is 13.0. The maximum atomic E-state index is 6.33. The topological polar surface area (TPSA) is 49.2 Å². The van der Waals surface area contributed by atoms with E-state index in [1.165, 1.54) is 11.0 Å². The Morgan fingerprint density at radius 3 is 2.95 bits per heavy atom. The third kappa shape index (κ3) is 2.66. The number of halogens is 2. The summed E-state index contributed by atoms with van der Waals surface area (Å²) < 4.78 is 13.7. The van der Waals surface area contributed by atoms with Crippen LogP contribution in [0.15, 0.2) is 30.9 Å². The molecular formula is C14H15Cl2N3O2. The number of rotatable bonds is 4. The molecule has 0 aliphatic carbocycles. The minimum Gasteiger partial charge on any atom is -0.325 e. The molecule has 5 nitrogen and oxygen atoms in total. The Hall–Kier alpha value is -1.14. The molecule has 112 valence electrons. The summed E-state index contributed by atoms with van der Waals surface area (Å²) >= 11 is 12.3.